The Morgan fingerprint density at radius 1 is 1.00 bits per heavy atom. The highest BCUT2D eigenvalue weighted by atomic mass is 35.5. The molecule has 0 unspecified atom stereocenters. The van der Waals surface area contributed by atoms with Crippen molar-refractivity contribution in [1.29, 1.82) is 0 Å². The zero-order chi connectivity index (χ0) is 12.1. The Morgan fingerprint density at radius 2 is 1.76 bits per heavy atom. The van der Waals surface area contributed by atoms with Crippen molar-refractivity contribution in [2.45, 2.75) is 13.2 Å². The predicted molar refractivity (Wildman–Crippen MR) is 70.8 cm³/mol. The lowest BCUT2D eigenvalue weighted by atomic mass is 10.2. The molecular formula is C14H14ClNO. The first kappa shape index (κ1) is 12.0. The molecule has 2 rings (SSSR count). The Bertz CT molecular complexity index is 485. The monoisotopic (exact) mass is 247 g/mol. The lowest BCUT2D eigenvalue weighted by Crippen LogP contribution is -1.98. The van der Waals surface area contributed by atoms with Crippen molar-refractivity contribution < 1.29 is 4.74 Å². The number of rotatable bonds is 4. The van der Waals surface area contributed by atoms with E-state index >= 15 is 0 Å². The van der Waals surface area contributed by atoms with Gasteiger partial charge in [-0.3, -0.25) is 0 Å². The van der Waals surface area contributed by atoms with E-state index in [-0.39, 0.29) is 0 Å². The quantitative estimate of drug-likeness (QED) is 0.838. The molecule has 2 aromatic rings. The van der Waals surface area contributed by atoms with Crippen LogP contribution in [0.15, 0.2) is 48.5 Å². The minimum atomic E-state index is 0.473. The van der Waals surface area contributed by atoms with Crippen molar-refractivity contribution in [2.24, 2.45) is 0 Å². The van der Waals surface area contributed by atoms with E-state index in [0.717, 1.165) is 11.1 Å². The van der Waals surface area contributed by atoms with Crippen molar-refractivity contribution in [3.05, 3.63) is 64.7 Å². The maximum Gasteiger partial charge on any atom is 0.0741 e. The number of hydrogen-bond acceptors (Lipinski definition) is 2. The van der Waals surface area contributed by atoms with Gasteiger partial charge >= 0.3 is 0 Å². The van der Waals surface area contributed by atoms with Crippen molar-refractivity contribution in [1.82, 2.24) is 0 Å². The van der Waals surface area contributed by atoms with E-state index in [9.17, 15) is 0 Å². The molecule has 88 valence electrons. The summed E-state index contributed by atoms with van der Waals surface area (Å²) in [5.74, 6) is 0. The molecule has 3 heteroatoms. The van der Waals surface area contributed by atoms with Crippen LogP contribution in [-0.2, 0) is 18.0 Å². The minimum absolute atomic E-state index is 0.473. The van der Waals surface area contributed by atoms with Gasteiger partial charge < -0.3 is 10.5 Å². The molecule has 0 aliphatic carbocycles. The van der Waals surface area contributed by atoms with Crippen LogP contribution in [0.4, 0.5) is 5.69 Å². The van der Waals surface area contributed by atoms with Gasteiger partial charge in [-0.15, -0.1) is 0 Å². The van der Waals surface area contributed by atoms with E-state index in [4.69, 9.17) is 22.1 Å². The fourth-order valence-electron chi connectivity index (χ4n) is 1.55. The fourth-order valence-corrected chi connectivity index (χ4v) is 1.75. The number of hydrogen-bond donors (Lipinski definition) is 1. The van der Waals surface area contributed by atoms with Crippen LogP contribution >= 0.6 is 11.6 Å². The zero-order valence-corrected chi connectivity index (χ0v) is 10.2. The van der Waals surface area contributed by atoms with Crippen LogP contribution in [0.2, 0.25) is 5.02 Å². The van der Waals surface area contributed by atoms with E-state index in [1.165, 1.54) is 0 Å². The van der Waals surface area contributed by atoms with E-state index in [2.05, 4.69) is 0 Å². The van der Waals surface area contributed by atoms with Gasteiger partial charge in [0.15, 0.2) is 0 Å². The Morgan fingerprint density at radius 3 is 2.53 bits per heavy atom. The molecule has 0 aliphatic heterocycles. The van der Waals surface area contributed by atoms with Gasteiger partial charge in [0, 0.05) is 16.3 Å². The third-order valence-electron chi connectivity index (χ3n) is 2.47. The van der Waals surface area contributed by atoms with Gasteiger partial charge in [0.05, 0.1) is 13.2 Å². The average molecular weight is 248 g/mol. The summed E-state index contributed by atoms with van der Waals surface area (Å²) in [7, 11) is 0. The summed E-state index contributed by atoms with van der Waals surface area (Å²) in [5.41, 5.74) is 8.61. The van der Waals surface area contributed by atoms with Gasteiger partial charge in [0.2, 0.25) is 0 Å². The van der Waals surface area contributed by atoms with Crippen molar-refractivity contribution >= 4 is 17.3 Å². The van der Waals surface area contributed by atoms with Crippen LogP contribution in [0.5, 0.6) is 0 Å². The fraction of sp³-hybridized carbons (Fsp3) is 0.143. The standard InChI is InChI=1S/C14H14ClNO/c15-13-6-7-14(16)12(8-13)10-17-9-11-4-2-1-3-5-11/h1-8H,9-10,16H2. The predicted octanol–water partition coefficient (Wildman–Crippen LogP) is 3.64. The van der Waals surface area contributed by atoms with Crippen LogP contribution in [-0.4, -0.2) is 0 Å². The van der Waals surface area contributed by atoms with Crippen LogP contribution in [0.25, 0.3) is 0 Å². The van der Waals surface area contributed by atoms with Gasteiger partial charge in [0.1, 0.15) is 0 Å². The highest BCUT2D eigenvalue weighted by Crippen LogP contribution is 2.19. The molecule has 0 aliphatic rings. The highest BCUT2D eigenvalue weighted by molar-refractivity contribution is 6.30. The van der Waals surface area contributed by atoms with Gasteiger partial charge in [-0.2, -0.15) is 0 Å². The van der Waals surface area contributed by atoms with Gasteiger partial charge in [-0.1, -0.05) is 41.9 Å². The largest absolute Gasteiger partial charge is 0.398 e. The molecule has 0 radical (unpaired) electrons. The Kier molecular flexibility index (Phi) is 4.02. The van der Waals surface area contributed by atoms with Gasteiger partial charge in [-0.25, -0.2) is 0 Å². The summed E-state index contributed by atoms with van der Waals surface area (Å²) in [6, 6.07) is 15.4. The second-order valence-corrected chi connectivity index (χ2v) is 4.26. The molecule has 0 heterocycles. The molecule has 0 saturated heterocycles. The molecule has 0 fully saturated rings. The summed E-state index contributed by atoms with van der Waals surface area (Å²) in [6.45, 7) is 1.05. The summed E-state index contributed by atoms with van der Waals surface area (Å²) in [4.78, 5) is 0. The lowest BCUT2D eigenvalue weighted by Gasteiger charge is -2.07. The Hall–Kier alpha value is -1.51. The number of anilines is 1. The molecule has 0 atom stereocenters. The molecule has 2 N–H and O–H groups in total. The van der Waals surface area contributed by atoms with Crippen LogP contribution in [0.3, 0.4) is 0 Å². The number of benzene rings is 2. The summed E-state index contributed by atoms with van der Waals surface area (Å²) in [6.07, 6.45) is 0. The Balaban J connectivity index is 1.92. The highest BCUT2D eigenvalue weighted by Gasteiger charge is 2.00. The molecule has 0 bridgehead atoms. The van der Waals surface area contributed by atoms with E-state index in [0.29, 0.717) is 23.9 Å². The summed E-state index contributed by atoms with van der Waals surface area (Å²) in [5, 5.41) is 0.678. The Labute approximate surface area is 106 Å². The minimum Gasteiger partial charge on any atom is -0.398 e. The first-order chi connectivity index (χ1) is 8.25. The topological polar surface area (TPSA) is 35.2 Å². The molecule has 0 aromatic heterocycles. The van der Waals surface area contributed by atoms with Crippen LogP contribution < -0.4 is 5.73 Å². The van der Waals surface area contributed by atoms with Crippen LogP contribution in [0.1, 0.15) is 11.1 Å². The number of nitrogen functional groups attached to an aromatic ring is 1. The second kappa shape index (κ2) is 5.71. The van der Waals surface area contributed by atoms with Crippen LogP contribution in [0, 0.1) is 0 Å². The summed E-state index contributed by atoms with van der Waals surface area (Å²) < 4.78 is 5.60. The maximum absolute atomic E-state index is 5.90. The molecule has 2 nitrogen and oxygen atoms in total. The van der Waals surface area contributed by atoms with Gasteiger partial charge in [0.25, 0.3) is 0 Å². The molecule has 0 saturated carbocycles. The maximum atomic E-state index is 5.90. The number of nitrogens with two attached hydrogens (primary N) is 1. The zero-order valence-electron chi connectivity index (χ0n) is 9.40. The third kappa shape index (κ3) is 3.48. The third-order valence-corrected chi connectivity index (χ3v) is 2.71. The van der Waals surface area contributed by atoms with E-state index in [1.807, 2.05) is 36.4 Å². The first-order valence-electron chi connectivity index (χ1n) is 5.41. The molecule has 0 spiro atoms. The van der Waals surface area contributed by atoms with Gasteiger partial charge in [-0.05, 0) is 23.8 Å². The first-order valence-corrected chi connectivity index (χ1v) is 5.79. The molecular weight excluding hydrogens is 234 g/mol. The average Bonchev–Trinajstić information content (AvgIpc) is 2.35. The smallest absolute Gasteiger partial charge is 0.0741 e. The van der Waals surface area contributed by atoms with E-state index in [1.54, 1.807) is 12.1 Å². The SMILES string of the molecule is Nc1ccc(Cl)cc1COCc1ccccc1. The summed E-state index contributed by atoms with van der Waals surface area (Å²) >= 11 is 5.90. The van der Waals surface area contributed by atoms with E-state index < -0.39 is 0 Å². The number of ether oxygens (including phenoxy) is 1. The van der Waals surface area contributed by atoms with Crippen molar-refractivity contribution in [3.8, 4) is 0 Å². The lowest BCUT2D eigenvalue weighted by molar-refractivity contribution is 0.107. The van der Waals surface area contributed by atoms with Crippen molar-refractivity contribution in [2.75, 3.05) is 5.73 Å². The molecule has 2 aromatic carbocycles. The number of halogens is 1. The second-order valence-electron chi connectivity index (χ2n) is 3.82. The normalized spacial score (nSPS) is 10.4. The molecule has 0 amide bonds. The van der Waals surface area contributed by atoms with Crippen molar-refractivity contribution in [3.63, 3.8) is 0 Å². The molecule has 17 heavy (non-hydrogen) atoms.